The maximum absolute atomic E-state index is 6.28. The van der Waals surface area contributed by atoms with Crippen LogP contribution < -0.4 is 5.32 Å². The van der Waals surface area contributed by atoms with Gasteiger partial charge in [-0.2, -0.15) is 0 Å². The van der Waals surface area contributed by atoms with Gasteiger partial charge in [0.1, 0.15) is 0 Å². The summed E-state index contributed by atoms with van der Waals surface area (Å²) in [5.74, 6) is 0. The van der Waals surface area contributed by atoms with Gasteiger partial charge in [0, 0.05) is 25.6 Å². The molecule has 0 aromatic heterocycles. The molecule has 0 amide bonds. The Labute approximate surface area is 148 Å². The molecule has 1 nitrogen and oxygen atoms in total. The highest BCUT2D eigenvalue weighted by Gasteiger charge is 2.16. The lowest BCUT2D eigenvalue weighted by atomic mass is 9.98. The molecular formula is C16H15BrCl3N. The Morgan fingerprint density at radius 1 is 1.05 bits per heavy atom. The molecule has 0 heterocycles. The Morgan fingerprint density at radius 2 is 1.71 bits per heavy atom. The Kier molecular flexibility index (Phi) is 6.39. The van der Waals surface area contributed by atoms with Crippen LogP contribution in [0.15, 0.2) is 40.9 Å². The van der Waals surface area contributed by atoms with Crippen LogP contribution >= 0.6 is 50.7 Å². The van der Waals surface area contributed by atoms with Gasteiger partial charge in [0.05, 0.1) is 0 Å². The van der Waals surface area contributed by atoms with E-state index < -0.39 is 0 Å². The summed E-state index contributed by atoms with van der Waals surface area (Å²) in [5.41, 5.74) is 2.18. The summed E-state index contributed by atoms with van der Waals surface area (Å²) in [6.45, 7) is 2.93. The van der Waals surface area contributed by atoms with Gasteiger partial charge in [-0.15, -0.1) is 0 Å². The second-order valence-electron chi connectivity index (χ2n) is 4.72. The number of hydrogen-bond acceptors (Lipinski definition) is 1. The van der Waals surface area contributed by atoms with Crippen molar-refractivity contribution in [3.8, 4) is 0 Å². The van der Waals surface area contributed by atoms with Crippen LogP contribution in [0.4, 0.5) is 0 Å². The predicted octanol–water partition coefficient (Wildman–Crippen LogP) is 6.30. The zero-order chi connectivity index (χ0) is 15.4. The monoisotopic (exact) mass is 405 g/mol. The maximum atomic E-state index is 6.28. The third-order valence-corrected chi connectivity index (χ3v) is 4.77. The highest BCUT2D eigenvalue weighted by Crippen LogP contribution is 2.31. The average Bonchev–Trinajstić information content (AvgIpc) is 2.44. The van der Waals surface area contributed by atoms with E-state index in [1.165, 1.54) is 0 Å². The largest absolute Gasteiger partial charge is 0.310 e. The van der Waals surface area contributed by atoms with E-state index >= 15 is 0 Å². The van der Waals surface area contributed by atoms with Crippen molar-refractivity contribution in [2.24, 2.45) is 0 Å². The molecule has 5 heteroatoms. The van der Waals surface area contributed by atoms with E-state index in [0.29, 0.717) is 10.0 Å². The van der Waals surface area contributed by atoms with Crippen molar-refractivity contribution in [1.29, 1.82) is 0 Å². The zero-order valence-electron chi connectivity index (χ0n) is 11.5. The molecule has 2 aromatic rings. The third-order valence-electron chi connectivity index (χ3n) is 3.22. The van der Waals surface area contributed by atoms with E-state index in [-0.39, 0.29) is 6.04 Å². The molecule has 0 saturated carbocycles. The van der Waals surface area contributed by atoms with Gasteiger partial charge < -0.3 is 5.32 Å². The normalized spacial score (nSPS) is 12.4. The van der Waals surface area contributed by atoms with Crippen molar-refractivity contribution < 1.29 is 0 Å². The van der Waals surface area contributed by atoms with E-state index in [9.17, 15) is 0 Å². The average molecular weight is 408 g/mol. The molecular weight excluding hydrogens is 392 g/mol. The summed E-state index contributed by atoms with van der Waals surface area (Å²) in [7, 11) is 0. The molecule has 2 rings (SSSR count). The molecule has 112 valence electrons. The molecule has 0 saturated heterocycles. The Hall–Kier alpha value is -0.250. The summed E-state index contributed by atoms with van der Waals surface area (Å²) in [6.07, 6.45) is 0.767. The van der Waals surface area contributed by atoms with Crippen LogP contribution in [0.25, 0.3) is 0 Å². The van der Waals surface area contributed by atoms with Crippen molar-refractivity contribution in [2.45, 2.75) is 19.4 Å². The Balaban J connectivity index is 2.32. The zero-order valence-corrected chi connectivity index (χ0v) is 15.3. The molecule has 0 spiro atoms. The van der Waals surface area contributed by atoms with Crippen molar-refractivity contribution >= 4 is 50.7 Å². The van der Waals surface area contributed by atoms with Crippen LogP contribution in [0.3, 0.4) is 0 Å². The Morgan fingerprint density at radius 3 is 2.38 bits per heavy atom. The summed E-state index contributed by atoms with van der Waals surface area (Å²) in [5, 5.41) is 5.53. The summed E-state index contributed by atoms with van der Waals surface area (Å²) < 4.78 is 1.03. The molecule has 0 aliphatic heterocycles. The van der Waals surface area contributed by atoms with Gasteiger partial charge in [-0.1, -0.05) is 63.7 Å². The predicted molar refractivity (Wildman–Crippen MR) is 95.7 cm³/mol. The standard InChI is InChI=1S/C16H15BrCl3N/c1-2-21-16(13-8-11(18)5-6-14(13)17)7-10-3-4-12(19)9-15(10)20/h3-6,8-9,16,21H,2,7H2,1H3. The minimum atomic E-state index is 0.127. The molecule has 1 atom stereocenters. The molecule has 0 aliphatic carbocycles. The van der Waals surface area contributed by atoms with Crippen LogP contribution in [0.5, 0.6) is 0 Å². The van der Waals surface area contributed by atoms with Gasteiger partial charge >= 0.3 is 0 Å². The van der Waals surface area contributed by atoms with Crippen molar-refractivity contribution in [3.05, 3.63) is 67.1 Å². The maximum Gasteiger partial charge on any atom is 0.0453 e. The van der Waals surface area contributed by atoms with E-state index in [2.05, 4.69) is 28.2 Å². The SMILES string of the molecule is CCNC(Cc1ccc(Cl)cc1Cl)c1cc(Cl)ccc1Br. The number of likely N-dealkylation sites (N-methyl/N-ethyl adjacent to an activating group) is 1. The number of benzene rings is 2. The van der Waals surface area contributed by atoms with Gasteiger partial charge in [-0.05, 0) is 54.4 Å². The lowest BCUT2D eigenvalue weighted by molar-refractivity contribution is 0.548. The summed E-state index contributed by atoms with van der Waals surface area (Å²) in [6, 6.07) is 11.5. The number of nitrogens with one attached hydrogen (secondary N) is 1. The van der Waals surface area contributed by atoms with E-state index in [1.807, 2.05) is 30.3 Å². The lowest BCUT2D eigenvalue weighted by Crippen LogP contribution is -2.23. The first-order valence-corrected chi connectivity index (χ1v) is 8.56. The number of halogens is 4. The van der Waals surface area contributed by atoms with Crippen LogP contribution in [0.2, 0.25) is 15.1 Å². The third kappa shape index (κ3) is 4.61. The van der Waals surface area contributed by atoms with Crippen molar-refractivity contribution in [2.75, 3.05) is 6.54 Å². The molecule has 0 fully saturated rings. The smallest absolute Gasteiger partial charge is 0.0453 e. The first-order valence-electron chi connectivity index (χ1n) is 6.63. The van der Waals surface area contributed by atoms with E-state index in [1.54, 1.807) is 6.07 Å². The molecule has 2 aromatic carbocycles. The summed E-state index contributed by atoms with van der Waals surface area (Å²) in [4.78, 5) is 0. The van der Waals surface area contributed by atoms with Crippen molar-refractivity contribution in [3.63, 3.8) is 0 Å². The first kappa shape index (κ1) is 17.1. The highest BCUT2D eigenvalue weighted by atomic mass is 79.9. The van der Waals surface area contributed by atoms with Gasteiger partial charge in [-0.25, -0.2) is 0 Å². The Bertz CT molecular complexity index is 631. The fraction of sp³-hybridized carbons (Fsp3) is 0.250. The topological polar surface area (TPSA) is 12.0 Å². The first-order chi connectivity index (χ1) is 10.0. The number of hydrogen-bond donors (Lipinski definition) is 1. The molecule has 1 unspecified atom stereocenters. The highest BCUT2D eigenvalue weighted by molar-refractivity contribution is 9.10. The van der Waals surface area contributed by atoms with Gasteiger partial charge in [0.15, 0.2) is 0 Å². The van der Waals surface area contributed by atoms with Gasteiger partial charge in [0.25, 0.3) is 0 Å². The quantitative estimate of drug-likeness (QED) is 0.613. The van der Waals surface area contributed by atoms with Gasteiger partial charge in [0.2, 0.25) is 0 Å². The number of rotatable bonds is 5. The molecule has 0 bridgehead atoms. The van der Waals surface area contributed by atoms with Gasteiger partial charge in [-0.3, -0.25) is 0 Å². The van der Waals surface area contributed by atoms with Crippen LogP contribution in [0.1, 0.15) is 24.1 Å². The molecule has 21 heavy (non-hydrogen) atoms. The summed E-state index contributed by atoms with van der Waals surface area (Å²) >= 11 is 22.0. The fourth-order valence-corrected chi connectivity index (χ4v) is 3.42. The molecule has 0 radical (unpaired) electrons. The van der Waals surface area contributed by atoms with Crippen LogP contribution in [-0.2, 0) is 6.42 Å². The second kappa shape index (κ2) is 7.85. The van der Waals surface area contributed by atoms with Crippen LogP contribution in [-0.4, -0.2) is 6.54 Å². The fourth-order valence-electron chi connectivity index (χ4n) is 2.23. The van der Waals surface area contributed by atoms with E-state index in [4.69, 9.17) is 34.8 Å². The lowest BCUT2D eigenvalue weighted by Gasteiger charge is -2.21. The minimum absolute atomic E-state index is 0.127. The minimum Gasteiger partial charge on any atom is -0.310 e. The molecule has 0 aliphatic rings. The molecule has 1 N–H and O–H groups in total. The van der Waals surface area contributed by atoms with E-state index in [0.717, 1.165) is 33.6 Å². The van der Waals surface area contributed by atoms with Crippen LogP contribution in [0, 0.1) is 0 Å². The van der Waals surface area contributed by atoms with Crippen molar-refractivity contribution in [1.82, 2.24) is 5.32 Å². The second-order valence-corrected chi connectivity index (χ2v) is 6.85.